The highest BCUT2D eigenvalue weighted by Crippen LogP contribution is 2.42. The topological polar surface area (TPSA) is 55.1 Å². The number of benzene rings is 1. The van der Waals surface area contributed by atoms with Gasteiger partial charge in [-0.3, -0.25) is 0 Å². The van der Waals surface area contributed by atoms with Gasteiger partial charge in [0.15, 0.2) is 0 Å². The minimum absolute atomic E-state index is 0.310. The van der Waals surface area contributed by atoms with Crippen LogP contribution in [-0.2, 0) is 0 Å². The summed E-state index contributed by atoms with van der Waals surface area (Å²) in [5.74, 6) is 1.79. The lowest BCUT2D eigenvalue weighted by Crippen LogP contribution is -2.09. The molecule has 1 unspecified atom stereocenters. The van der Waals surface area contributed by atoms with Gasteiger partial charge in [0.1, 0.15) is 11.3 Å². The van der Waals surface area contributed by atoms with Crippen molar-refractivity contribution in [1.82, 2.24) is 9.55 Å². The van der Waals surface area contributed by atoms with Crippen molar-refractivity contribution in [2.24, 2.45) is 0 Å². The number of aromatic carboxylic acids is 1. The Balaban J connectivity index is 2.13. The van der Waals surface area contributed by atoms with E-state index in [2.05, 4.69) is 17.7 Å². The first-order valence-electron chi connectivity index (χ1n) is 7.36. The van der Waals surface area contributed by atoms with Crippen molar-refractivity contribution in [2.75, 3.05) is 12.0 Å². The van der Waals surface area contributed by atoms with Gasteiger partial charge in [0.05, 0.1) is 11.1 Å². The number of rotatable bonds is 6. The molecule has 1 N–H and O–H groups in total. The summed E-state index contributed by atoms with van der Waals surface area (Å²) in [5.41, 5.74) is 1.92. The summed E-state index contributed by atoms with van der Waals surface area (Å²) in [7, 11) is 0. The van der Waals surface area contributed by atoms with Crippen molar-refractivity contribution in [2.45, 2.75) is 38.1 Å². The van der Waals surface area contributed by atoms with Crippen molar-refractivity contribution in [3.63, 3.8) is 0 Å². The lowest BCUT2D eigenvalue weighted by atomic mass is 10.1. The fourth-order valence-corrected chi connectivity index (χ4v) is 3.39. The zero-order valence-corrected chi connectivity index (χ0v) is 13.2. The first-order chi connectivity index (χ1) is 10.1. The predicted octanol–water partition coefficient (Wildman–Crippen LogP) is 3.93. The van der Waals surface area contributed by atoms with Crippen molar-refractivity contribution in [3.05, 3.63) is 29.6 Å². The number of aromatic nitrogens is 2. The van der Waals surface area contributed by atoms with Gasteiger partial charge in [0.25, 0.3) is 0 Å². The summed E-state index contributed by atoms with van der Waals surface area (Å²) in [6.07, 6.45) is 5.52. The van der Waals surface area contributed by atoms with Crippen LogP contribution in [0.4, 0.5) is 0 Å². The summed E-state index contributed by atoms with van der Waals surface area (Å²) in [6, 6.07) is 5.81. The molecule has 0 amide bonds. The molecular weight excluding hydrogens is 284 g/mol. The number of hydrogen-bond acceptors (Lipinski definition) is 3. The van der Waals surface area contributed by atoms with Gasteiger partial charge in [0.2, 0.25) is 0 Å². The maximum absolute atomic E-state index is 11.4. The molecule has 112 valence electrons. The molecule has 4 nitrogen and oxygen atoms in total. The average Bonchev–Trinajstić information content (AvgIpc) is 3.24. The van der Waals surface area contributed by atoms with Crippen molar-refractivity contribution in [1.29, 1.82) is 0 Å². The average molecular weight is 304 g/mol. The molecule has 0 bridgehead atoms. The summed E-state index contributed by atoms with van der Waals surface area (Å²) in [5, 5.41) is 9.36. The Kier molecular flexibility index (Phi) is 3.93. The van der Waals surface area contributed by atoms with E-state index in [-0.39, 0.29) is 0 Å². The number of carbonyl (C=O) groups is 1. The van der Waals surface area contributed by atoms with Crippen LogP contribution in [0.2, 0.25) is 0 Å². The molecule has 3 rings (SSSR count). The monoisotopic (exact) mass is 304 g/mol. The third kappa shape index (κ3) is 2.67. The van der Waals surface area contributed by atoms with E-state index in [1.54, 1.807) is 6.07 Å². The number of imidazole rings is 1. The summed E-state index contributed by atoms with van der Waals surface area (Å²) >= 11 is 1.84. The minimum atomic E-state index is -0.899. The Bertz CT molecular complexity index is 676. The van der Waals surface area contributed by atoms with Gasteiger partial charge in [-0.1, -0.05) is 6.07 Å². The molecule has 21 heavy (non-hydrogen) atoms. The van der Waals surface area contributed by atoms with Crippen LogP contribution in [0.5, 0.6) is 0 Å². The highest BCUT2D eigenvalue weighted by molar-refractivity contribution is 7.98. The van der Waals surface area contributed by atoms with Gasteiger partial charge in [-0.25, -0.2) is 9.78 Å². The molecule has 1 aromatic carbocycles. The molecule has 1 heterocycles. The van der Waals surface area contributed by atoms with Crippen LogP contribution in [-0.4, -0.2) is 32.6 Å². The largest absolute Gasteiger partial charge is 0.478 e. The normalized spacial score (nSPS) is 16.3. The summed E-state index contributed by atoms with van der Waals surface area (Å²) < 4.78 is 2.27. The fraction of sp³-hybridized carbons (Fsp3) is 0.500. The highest BCUT2D eigenvalue weighted by atomic mass is 32.2. The van der Waals surface area contributed by atoms with E-state index in [4.69, 9.17) is 4.98 Å². The fourth-order valence-electron chi connectivity index (χ4n) is 2.82. The molecule has 0 radical (unpaired) electrons. The molecule has 0 spiro atoms. The second kappa shape index (κ2) is 5.72. The van der Waals surface area contributed by atoms with Gasteiger partial charge < -0.3 is 9.67 Å². The van der Waals surface area contributed by atoms with Gasteiger partial charge in [-0.05, 0) is 50.3 Å². The van der Waals surface area contributed by atoms with Gasteiger partial charge in [0, 0.05) is 12.0 Å². The molecular formula is C16H20N2O2S. The van der Waals surface area contributed by atoms with Crippen LogP contribution in [0.3, 0.4) is 0 Å². The Hall–Kier alpha value is -1.49. The van der Waals surface area contributed by atoms with Crippen LogP contribution < -0.4 is 0 Å². The van der Waals surface area contributed by atoms with Crippen LogP contribution in [0.25, 0.3) is 11.0 Å². The van der Waals surface area contributed by atoms with Crippen LogP contribution in [0.15, 0.2) is 18.2 Å². The van der Waals surface area contributed by atoms with Crippen molar-refractivity contribution in [3.8, 4) is 0 Å². The third-order valence-corrected chi connectivity index (χ3v) is 4.74. The van der Waals surface area contributed by atoms with E-state index in [0.717, 1.165) is 23.5 Å². The molecule has 2 aromatic rings. The zero-order valence-electron chi connectivity index (χ0n) is 12.4. The lowest BCUT2D eigenvalue weighted by Gasteiger charge is -2.17. The van der Waals surface area contributed by atoms with E-state index in [9.17, 15) is 9.90 Å². The number of nitrogens with zero attached hydrogens (tertiary/aromatic N) is 2. The van der Waals surface area contributed by atoms with E-state index in [1.165, 1.54) is 12.8 Å². The first-order valence-corrected chi connectivity index (χ1v) is 8.76. The quantitative estimate of drug-likeness (QED) is 0.878. The Morgan fingerprint density at radius 2 is 2.29 bits per heavy atom. The van der Waals surface area contributed by atoms with Crippen LogP contribution >= 0.6 is 11.8 Å². The summed E-state index contributed by atoms with van der Waals surface area (Å²) in [6.45, 7) is 2.21. The molecule has 1 aliphatic rings. The van der Waals surface area contributed by atoms with Crippen molar-refractivity contribution >= 4 is 28.8 Å². The van der Waals surface area contributed by atoms with E-state index >= 15 is 0 Å². The van der Waals surface area contributed by atoms with Crippen LogP contribution in [0.1, 0.15) is 54.3 Å². The molecule has 0 aliphatic heterocycles. The molecule has 1 aliphatic carbocycles. The smallest absolute Gasteiger partial charge is 0.337 e. The molecule has 1 aromatic heterocycles. The molecule has 0 saturated heterocycles. The zero-order chi connectivity index (χ0) is 15.0. The molecule has 1 fully saturated rings. The molecule has 1 saturated carbocycles. The molecule has 5 heteroatoms. The number of hydrogen-bond donors (Lipinski definition) is 1. The SMILES string of the molecule is CSCCC(C)n1c(C2CC2)nc2c(C(=O)O)cccc21. The highest BCUT2D eigenvalue weighted by Gasteiger charge is 2.31. The maximum atomic E-state index is 11.4. The minimum Gasteiger partial charge on any atom is -0.478 e. The standard InChI is InChI=1S/C16H20N2O2S/c1-10(8-9-21-2)18-13-5-3-4-12(16(19)20)14(13)17-15(18)11-6-7-11/h3-5,10-11H,6-9H2,1-2H3,(H,19,20). The number of para-hydroxylation sites is 1. The Morgan fingerprint density at radius 1 is 1.52 bits per heavy atom. The lowest BCUT2D eigenvalue weighted by molar-refractivity contribution is 0.0699. The van der Waals surface area contributed by atoms with Gasteiger partial charge >= 0.3 is 5.97 Å². The second-order valence-corrected chi connectivity index (χ2v) is 6.71. The molecule has 1 atom stereocenters. The number of carboxylic acids is 1. The first kappa shape index (κ1) is 14.4. The number of carboxylic acid groups (broad SMARTS) is 1. The number of fused-ring (bicyclic) bond motifs is 1. The number of thioether (sulfide) groups is 1. The summed E-state index contributed by atoms with van der Waals surface area (Å²) in [4.78, 5) is 16.1. The van der Waals surface area contributed by atoms with E-state index in [1.807, 2.05) is 23.9 Å². The third-order valence-electron chi connectivity index (χ3n) is 4.10. The Labute approximate surface area is 128 Å². The maximum Gasteiger partial charge on any atom is 0.337 e. The van der Waals surface area contributed by atoms with Gasteiger partial charge in [-0.2, -0.15) is 11.8 Å². The van der Waals surface area contributed by atoms with E-state index in [0.29, 0.717) is 23.0 Å². The predicted molar refractivity (Wildman–Crippen MR) is 86.4 cm³/mol. The second-order valence-electron chi connectivity index (χ2n) is 5.72. The Morgan fingerprint density at radius 3 is 2.90 bits per heavy atom. The van der Waals surface area contributed by atoms with Gasteiger partial charge in [-0.15, -0.1) is 0 Å². The van der Waals surface area contributed by atoms with Crippen LogP contribution in [0, 0.1) is 0 Å². The van der Waals surface area contributed by atoms with Crippen molar-refractivity contribution < 1.29 is 9.90 Å². The van der Waals surface area contributed by atoms with E-state index < -0.39 is 5.97 Å².